The molecule has 0 aromatic rings. The molecule has 65 heavy (non-hydrogen) atoms. The van der Waals surface area contributed by atoms with Crippen molar-refractivity contribution in [2.75, 3.05) is 0 Å². The molecular formula is H20N15Na5O45. The van der Waals surface area contributed by atoms with E-state index < -0.39 is 76.3 Å². The molecule has 60 nitrogen and oxygen atoms in total. The molecule has 0 aliphatic rings. The number of nitrogens with zero attached hydrogens (tertiary/aromatic N) is 15. The minimum atomic E-state index is -1.50. The van der Waals surface area contributed by atoms with E-state index in [9.17, 15) is 0 Å². The van der Waals surface area contributed by atoms with Crippen molar-refractivity contribution >= 4 is 148 Å². The van der Waals surface area contributed by atoms with Crippen LogP contribution in [0.5, 0.6) is 0 Å². The van der Waals surface area contributed by atoms with Crippen LogP contribution in [0.4, 0.5) is 0 Å². The second-order valence-electron chi connectivity index (χ2n) is 3.57. The molecule has 0 spiro atoms. The first-order chi connectivity index (χ1) is 26.0. The van der Waals surface area contributed by atoms with Crippen molar-refractivity contribution in [2.24, 2.45) is 0 Å². The van der Waals surface area contributed by atoms with Crippen LogP contribution in [-0.2, 0) is 0 Å². The van der Waals surface area contributed by atoms with Crippen LogP contribution in [0, 0.1) is 152 Å². The number of hydrogen-bond donors (Lipinski definition) is 15. The first-order valence-electron chi connectivity index (χ1n) is 8.48. The maximum atomic E-state index is 8.36. The molecule has 0 aromatic heterocycles. The van der Waals surface area contributed by atoms with E-state index in [0.717, 1.165) is 0 Å². The zero-order chi connectivity index (χ0) is 53.7. The van der Waals surface area contributed by atoms with Gasteiger partial charge in [0.2, 0.25) is 0 Å². The van der Waals surface area contributed by atoms with Crippen molar-refractivity contribution in [3.05, 3.63) is 152 Å². The normalized spacial score (nSPS) is 5.54. The zero-order valence-corrected chi connectivity index (χ0v) is 25.7. The molecule has 0 rings (SSSR count). The average Bonchev–Trinajstić information content (AvgIpc) is 2.78. The van der Waals surface area contributed by atoms with Crippen molar-refractivity contribution in [1.82, 2.24) is 0 Å². The molecule has 15 N–H and O–H groups in total. The van der Waals surface area contributed by atoms with Gasteiger partial charge >= 0.3 is 148 Å². The van der Waals surface area contributed by atoms with Gasteiger partial charge in [0.1, 0.15) is 0 Å². The van der Waals surface area contributed by atoms with E-state index in [2.05, 4.69) is 0 Å². The van der Waals surface area contributed by atoms with Crippen LogP contribution in [0.1, 0.15) is 0 Å². The van der Waals surface area contributed by atoms with Gasteiger partial charge in [0.25, 0.3) is 76.3 Å². The Hall–Kier alpha value is -7.00. The van der Waals surface area contributed by atoms with Crippen LogP contribution >= 0.6 is 0 Å². The van der Waals surface area contributed by atoms with Crippen molar-refractivity contribution in [3.63, 3.8) is 0 Å². The van der Waals surface area contributed by atoms with Crippen molar-refractivity contribution in [2.45, 2.75) is 0 Å². The van der Waals surface area contributed by atoms with Gasteiger partial charge in [-0.25, -0.2) is 0 Å². The summed E-state index contributed by atoms with van der Waals surface area (Å²) in [5, 5.41) is 205. The summed E-state index contributed by atoms with van der Waals surface area (Å²) in [7, 11) is 0. The van der Waals surface area contributed by atoms with Crippen molar-refractivity contribution < 1.29 is 154 Å². The molecular weight excluding hydrogens is 1050 g/mol. The molecule has 0 heterocycles. The Morgan fingerprint density at radius 3 is 0.138 bits per heavy atom. The Morgan fingerprint density at radius 1 is 0.138 bits per heavy atom. The van der Waals surface area contributed by atoms with E-state index in [1.165, 1.54) is 0 Å². The summed E-state index contributed by atoms with van der Waals surface area (Å²) in [6.45, 7) is 0. The van der Waals surface area contributed by atoms with Gasteiger partial charge < -0.3 is 78.1 Å². The average molecular weight is 1070 g/mol. The topological polar surface area (TPSA) is 951 Å². The molecule has 0 saturated heterocycles. The van der Waals surface area contributed by atoms with Gasteiger partial charge in [0, 0.05) is 0 Å². The van der Waals surface area contributed by atoms with Crippen molar-refractivity contribution in [1.29, 1.82) is 0 Å². The Bertz CT molecular complexity index is 771. The van der Waals surface area contributed by atoms with E-state index in [1.807, 2.05) is 0 Å². The summed E-state index contributed by atoms with van der Waals surface area (Å²) in [4.78, 5) is 125. The van der Waals surface area contributed by atoms with Gasteiger partial charge in [-0.3, -0.25) is 0 Å². The maximum absolute atomic E-state index is 8.36. The molecule has 0 amide bonds. The second kappa shape index (κ2) is 124. The molecule has 65 heteroatoms. The number of rotatable bonds is 0. The van der Waals surface area contributed by atoms with E-state index in [1.54, 1.807) is 0 Å². The van der Waals surface area contributed by atoms with E-state index in [-0.39, 0.29) is 148 Å². The summed E-state index contributed by atoms with van der Waals surface area (Å²) in [5.74, 6) is 0. The summed E-state index contributed by atoms with van der Waals surface area (Å²) in [6, 6.07) is 0. The summed E-state index contributed by atoms with van der Waals surface area (Å²) < 4.78 is 0. The third-order valence-corrected chi connectivity index (χ3v) is 0. The van der Waals surface area contributed by atoms with Crippen molar-refractivity contribution in [3.8, 4) is 0 Å². The number of hydrogen-bond acceptors (Lipinski definition) is 30. The van der Waals surface area contributed by atoms with E-state index in [0.29, 0.717) is 0 Å². The first-order valence-corrected chi connectivity index (χ1v) is 8.48. The summed E-state index contributed by atoms with van der Waals surface area (Å²) in [6.07, 6.45) is 0. The molecule has 0 bridgehead atoms. The predicted octanol–water partition coefficient (Wildman–Crippen LogP) is -8.46. The molecule has 0 aliphatic carbocycles. The standard InChI is InChI=1S/15HNO3.5Na.5H/c15*2-1(3)4;;;;;;;;;;/h15*(H,2,3,4);;;;;;;;;;. The molecule has 0 fully saturated rings. The third kappa shape index (κ3) is 3520. The van der Waals surface area contributed by atoms with E-state index >= 15 is 0 Å². The molecule has 0 aromatic carbocycles. The van der Waals surface area contributed by atoms with Gasteiger partial charge in [-0.15, -0.1) is 152 Å². The minimum absolute atomic E-state index is 0. The first kappa shape index (κ1) is 130. The van der Waals surface area contributed by atoms with Gasteiger partial charge in [-0.1, -0.05) is 0 Å². The van der Waals surface area contributed by atoms with Gasteiger partial charge in [0.05, 0.1) is 0 Å². The SMILES string of the molecule is O=[N+]([O-])O.O=[N+]([O-])O.O=[N+]([O-])O.O=[N+]([O-])O.O=[N+]([O-])O.O=[N+]([O-])O.O=[N+]([O-])O.O=[N+]([O-])O.O=[N+]([O-])O.O=[N+]([O-])O.O=[N+]([O-])O.O=[N+]([O-])O.O=[N+]([O-])O.O=[N+]([O-])O.O=[N+]([O-])O.[NaH].[NaH].[NaH].[NaH].[NaH]. The zero-order valence-electron chi connectivity index (χ0n) is 25.7. The fourth-order valence-corrected chi connectivity index (χ4v) is 0. The second-order valence-corrected chi connectivity index (χ2v) is 3.57. The van der Waals surface area contributed by atoms with Crippen LogP contribution in [-0.4, -0.2) is 302 Å². The van der Waals surface area contributed by atoms with Crippen LogP contribution < -0.4 is 0 Å². The Morgan fingerprint density at radius 2 is 0.138 bits per heavy atom. The van der Waals surface area contributed by atoms with Crippen LogP contribution in [0.15, 0.2) is 0 Å². The third-order valence-electron chi connectivity index (χ3n) is 0. The summed E-state index contributed by atoms with van der Waals surface area (Å²) >= 11 is 0. The molecule has 370 valence electrons. The quantitative estimate of drug-likeness (QED) is 0.0608. The fraction of sp³-hybridized carbons (Fsp3) is 0. The molecule has 0 atom stereocenters. The molecule has 0 saturated carbocycles. The molecule has 0 radical (unpaired) electrons. The monoisotopic (exact) mass is 1060 g/mol. The van der Waals surface area contributed by atoms with E-state index in [4.69, 9.17) is 230 Å². The molecule has 0 unspecified atom stereocenters. The van der Waals surface area contributed by atoms with Gasteiger partial charge in [-0.2, -0.15) is 0 Å². The summed E-state index contributed by atoms with van der Waals surface area (Å²) in [5.41, 5.74) is 0. The van der Waals surface area contributed by atoms with Crippen LogP contribution in [0.2, 0.25) is 0 Å². The van der Waals surface area contributed by atoms with Gasteiger partial charge in [0.15, 0.2) is 0 Å². The predicted molar refractivity (Wildman–Crippen MR) is 167 cm³/mol. The Labute approximate surface area is 450 Å². The Kier molecular flexibility index (Phi) is 249. The van der Waals surface area contributed by atoms with Crippen LogP contribution in [0.3, 0.4) is 0 Å². The molecule has 0 aliphatic heterocycles. The van der Waals surface area contributed by atoms with Crippen LogP contribution in [0.25, 0.3) is 0 Å². The fourth-order valence-electron chi connectivity index (χ4n) is 0. The Balaban J connectivity index is -0.0000000184. The van der Waals surface area contributed by atoms with Gasteiger partial charge in [-0.05, 0) is 0 Å².